The van der Waals surface area contributed by atoms with E-state index in [1.54, 1.807) is 0 Å². The van der Waals surface area contributed by atoms with Crippen LogP contribution in [0, 0.1) is 0 Å². The number of carbonyl (C=O) groups is 2. The maximum atomic E-state index is 12.2. The number of rotatable bonds is 4. The van der Waals surface area contributed by atoms with Crippen LogP contribution in [0.3, 0.4) is 0 Å². The molecule has 0 amide bonds. The van der Waals surface area contributed by atoms with Crippen LogP contribution >= 0.6 is 23.2 Å². The van der Waals surface area contributed by atoms with E-state index in [0.29, 0.717) is 19.1 Å². The standard InChI is InChI=1S/C13H9Cl2F3O4/c1-7(13(16,17)18)21-11(19)4-5-12(20)22-10-6-8(14)2-3-9(10)15/h2-7H,1H3/b5-4+. The number of carbonyl (C=O) groups excluding carboxylic acids is 2. The van der Waals surface area contributed by atoms with E-state index in [1.165, 1.54) is 18.2 Å². The monoisotopic (exact) mass is 356 g/mol. The molecule has 4 nitrogen and oxygen atoms in total. The average molecular weight is 357 g/mol. The topological polar surface area (TPSA) is 52.6 Å². The van der Waals surface area contributed by atoms with Crippen LogP contribution < -0.4 is 4.74 Å². The van der Waals surface area contributed by atoms with Gasteiger partial charge < -0.3 is 9.47 Å². The van der Waals surface area contributed by atoms with E-state index in [1.807, 2.05) is 0 Å². The molecule has 0 heterocycles. The van der Waals surface area contributed by atoms with E-state index in [2.05, 4.69) is 4.74 Å². The molecule has 0 bridgehead atoms. The van der Waals surface area contributed by atoms with Crippen LogP contribution in [0.15, 0.2) is 30.4 Å². The molecular weight excluding hydrogens is 348 g/mol. The lowest BCUT2D eigenvalue weighted by molar-refractivity contribution is -0.213. The van der Waals surface area contributed by atoms with Crippen LogP contribution in [0.2, 0.25) is 10.0 Å². The quantitative estimate of drug-likeness (QED) is 0.465. The largest absolute Gasteiger partial charge is 0.450 e. The van der Waals surface area contributed by atoms with Gasteiger partial charge in [0, 0.05) is 23.2 Å². The number of halogens is 5. The number of esters is 2. The van der Waals surface area contributed by atoms with Gasteiger partial charge in [0.1, 0.15) is 0 Å². The smallest absolute Gasteiger partial charge is 0.425 e. The van der Waals surface area contributed by atoms with Crippen molar-refractivity contribution in [1.29, 1.82) is 0 Å². The molecule has 0 saturated carbocycles. The molecule has 0 saturated heterocycles. The molecule has 9 heteroatoms. The first-order valence-corrected chi connectivity index (χ1v) is 6.47. The van der Waals surface area contributed by atoms with Gasteiger partial charge in [0.2, 0.25) is 0 Å². The van der Waals surface area contributed by atoms with Crippen LogP contribution in [0.25, 0.3) is 0 Å². The summed E-state index contributed by atoms with van der Waals surface area (Å²) >= 11 is 11.4. The SMILES string of the molecule is CC(OC(=O)/C=C/C(=O)Oc1cc(Cl)ccc1Cl)C(F)(F)F. The molecule has 1 atom stereocenters. The Morgan fingerprint density at radius 2 is 1.77 bits per heavy atom. The lowest BCUT2D eigenvalue weighted by Crippen LogP contribution is -2.30. The van der Waals surface area contributed by atoms with E-state index in [9.17, 15) is 22.8 Å². The van der Waals surface area contributed by atoms with Crippen molar-refractivity contribution in [1.82, 2.24) is 0 Å². The molecule has 0 radical (unpaired) electrons. The normalized spacial score (nSPS) is 13.0. The minimum Gasteiger partial charge on any atom is -0.450 e. The highest BCUT2D eigenvalue weighted by Gasteiger charge is 2.38. The molecule has 120 valence electrons. The lowest BCUT2D eigenvalue weighted by Gasteiger charge is -2.14. The third-order valence-corrected chi connectivity index (χ3v) is 2.76. The van der Waals surface area contributed by atoms with E-state index in [0.717, 1.165) is 0 Å². The molecule has 0 fully saturated rings. The highest BCUT2D eigenvalue weighted by atomic mass is 35.5. The fraction of sp³-hybridized carbons (Fsp3) is 0.231. The third-order valence-electron chi connectivity index (χ3n) is 2.21. The maximum Gasteiger partial charge on any atom is 0.425 e. The van der Waals surface area contributed by atoms with Gasteiger partial charge in [0.15, 0.2) is 11.9 Å². The molecule has 0 N–H and O–H groups in total. The molecule has 1 aromatic carbocycles. The fourth-order valence-corrected chi connectivity index (χ4v) is 1.43. The predicted molar refractivity (Wildman–Crippen MR) is 72.8 cm³/mol. The van der Waals surface area contributed by atoms with Crippen molar-refractivity contribution in [2.24, 2.45) is 0 Å². The Kier molecular flexibility index (Phi) is 6.25. The van der Waals surface area contributed by atoms with Crippen LogP contribution in [0.4, 0.5) is 13.2 Å². The van der Waals surface area contributed by atoms with Crippen LogP contribution in [-0.2, 0) is 14.3 Å². The maximum absolute atomic E-state index is 12.2. The van der Waals surface area contributed by atoms with Crippen molar-refractivity contribution in [2.45, 2.75) is 19.2 Å². The molecule has 0 aliphatic carbocycles. The van der Waals surface area contributed by atoms with Crippen LogP contribution in [0.1, 0.15) is 6.92 Å². The number of benzene rings is 1. The van der Waals surface area contributed by atoms with Gasteiger partial charge in [0.05, 0.1) is 5.02 Å². The van der Waals surface area contributed by atoms with Gasteiger partial charge in [-0.05, 0) is 19.1 Å². The first kappa shape index (κ1) is 18.3. The van der Waals surface area contributed by atoms with Gasteiger partial charge in [-0.2, -0.15) is 13.2 Å². The molecular formula is C13H9Cl2F3O4. The molecule has 0 aliphatic rings. The summed E-state index contributed by atoms with van der Waals surface area (Å²) in [5.41, 5.74) is 0. The zero-order chi connectivity index (χ0) is 16.9. The summed E-state index contributed by atoms with van der Waals surface area (Å²) in [4.78, 5) is 22.5. The highest BCUT2D eigenvalue weighted by Crippen LogP contribution is 2.27. The predicted octanol–water partition coefficient (Wildman–Crippen LogP) is 3.95. The van der Waals surface area contributed by atoms with Gasteiger partial charge >= 0.3 is 18.1 Å². The van der Waals surface area contributed by atoms with Crippen molar-refractivity contribution < 1.29 is 32.2 Å². The number of hydrogen-bond acceptors (Lipinski definition) is 4. The van der Waals surface area contributed by atoms with Gasteiger partial charge in [-0.1, -0.05) is 23.2 Å². The summed E-state index contributed by atoms with van der Waals surface area (Å²) in [5, 5.41) is 0.356. The van der Waals surface area contributed by atoms with E-state index in [-0.39, 0.29) is 15.8 Å². The molecule has 0 aliphatic heterocycles. The summed E-state index contributed by atoms with van der Waals surface area (Å²) in [6.45, 7) is 0.663. The summed E-state index contributed by atoms with van der Waals surface area (Å²) < 4.78 is 45.3. The van der Waals surface area contributed by atoms with E-state index in [4.69, 9.17) is 27.9 Å². The summed E-state index contributed by atoms with van der Waals surface area (Å²) in [7, 11) is 0. The Hall–Kier alpha value is -1.73. The zero-order valence-corrected chi connectivity index (χ0v) is 12.5. The Balaban J connectivity index is 2.61. The number of hydrogen-bond donors (Lipinski definition) is 0. The number of alkyl halides is 3. The Morgan fingerprint density at radius 3 is 2.36 bits per heavy atom. The van der Waals surface area contributed by atoms with E-state index < -0.39 is 24.2 Å². The van der Waals surface area contributed by atoms with Gasteiger partial charge in [-0.25, -0.2) is 9.59 Å². The molecule has 0 spiro atoms. The number of ether oxygens (including phenoxy) is 2. The summed E-state index contributed by atoms with van der Waals surface area (Å²) in [6.07, 6.45) is -5.84. The summed E-state index contributed by atoms with van der Waals surface area (Å²) in [6, 6.07) is 4.11. The first-order chi connectivity index (χ1) is 10.1. The second kappa shape index (κ2) is 7.51. The zero-order valence-electron chi connectivity index (χ0n) is 11.0. The molecule has 1 rings (SSSR count). The summed E-state index contributed by atoms with van der Waals surface area (Å²) in [5.74, 6) is -2.42. The fourth-order valence-electron chi connectivity index (χ4n) is 1.11. The minimum absolute atomic E-state index is 0.0548. The molecule has 1 unspecified atom stereocenters. The van der Waals surface area contributed by atoms with Crippen LogP contribution in [0.5, 0.6) is 5.75 Å². The minimum atomic E-state index is -4.68. The van der Waals surface area contributed by atoms with Gasteiger partial charge in [-0.3, -0.25) is 0 Å². The lowest BCUT2D eigenvalue weighted by atomic mass is 10.3. The van der Waals surface area contributed by atoms with Crippen molar-refractivity contribution in [3.8, 4) is 5.75 Å². The average Bonchev–Trinajstić information content (AvgIpc) is 2.39. The third kappa shape index (κ3) is 5.95. The van der Waals surface area contributed by atoms with E-state index >= 15 is 0 Å². The molecule has 22 heavy (non-hydrogen) atoms. The van der Waals surface area contributed by atoms with Crippen molar-refractivity contribution in [3.63, 3.8) is 0 Å². The Morgan fingerprint density at radius 1 is 1.18 bits per heavy atom. The highest BCUT2D eigenvalue weighted by molar-refractivity contribution is 6.34. The Bertz CT molecular complexity index is 599. The Labute approximate surface area is 133 Å². The van der Waals surface area contributed by atoms with Crippen molar-refractivity contribution in [2.75, 3.05) is 0 Å². The van der Waals surface area contributed by atoms with Gasteiger partial charge in [-0.15, -0.1) is 0 Å². The van der Waals surface area contributed by atoms with Gasteiger partial charge in [0.25, 0.3) is 0 Å². The molecule has 1 aromatic rings. The van der Waals surface area contributed by atoms with Crippen molar-refractivity contribution >= 4 is 35.1 Å². The second-order valence-corrected chi connectivity index (χ2v) is 4.79. The first-order valence-electron chi connectivity index (χ1n) is 5.72. The van der Waals surface area contributed by atoms with Crippen LogP contribution in [-0.4, -0.2) is 24.2 Å². The molecule has 0 aromatic heterocycles. The second-order valence-electron chi connectivity index (χ2n) is 3.95. The van der Waals surface area contributed by atoms with Crippen molar-refractivity contribution in [3.05, 3.63) is 40.4 Å².